The molecule has 3 rings (SSSR count). The number of aldehydes is 2. The lowest BCUT2D eigenvalue weighted by atomic mass is 10.0. The van der Waals surface area contributed by atoms with Crippen molar-refractivity contribution in [2.24, 2.45) is 11.5 Å². The van der Waals surface area contributed by atoms with Crippen LogP contribution in [0, 0.1) is 5.82 Å². The molecule has 0 spiro atoms. The molecule has 0 aliphatic heterocycles. The summed E-state index contributed by atoms with van der Waals surface area (Å²) >= 11 is 0. The average molecular weight is 543 g/mol. The second kappa shape index (κ2) is 27.3. The van der Waals surface area contributed by atoms with Crippen LogP contribution in [0.5, 0.6) is 0 Å². The Bertz CT molecular complexity index is 963. The minimum Gasteiger partial charge on any atom is -0.372 e. The van der Waals surface area contributed by atoms with Crippen molar-refractivity contribution in [3.63, 3.8) is 0 Å². The zero-order chi connectivity index (χ0) is 30.5. The fourth-order valence-corrected chi connectivity index (χ4v) is 2.37. The number of nitrogens with one attached hydrogen (secondary N) is 2. The fraction of sp³-hybridized carbons (Fsp3) is 0.323. The normalized spacial score (nSPS) is 8.95. The highest BCUT2D eigenvalue weighted by molar-refractivity contribution is 5.78. The molecule has 0 heterocycles. The molecule has 0 saturated heterocycles. The number of carbonyl (C=O) groups excluding carboxylic acids is 3. The number of carbonyl (C=O) groups is 3. The van der Waals surface area contributed by atoms with E-state index >= 15 is 0 Å². The van der Waals surface area contributed by atoms with Gasteiger partial charge in [0.2, 0.25) is 6.41 Å². The molecule has 0 bridgehead atoms. The van der Waals surface area contributed by atoms with Crippen LogP contribution >= 0.6 is 0 Å². The fourth-order valence-electron chi connectivity index (χ4n) is 2.37. The Morgan fingerprint density at radius 1 is 0.821 bits per heavy atom. The van der Waals surface area contributed by atoms with Gasteiger partial charge in [0, 0.05) is 11.1 Å². The molecule has 1 amide bonds. The first-order valence-corrected chi connectivity index (χ1v) is 12.5. The van der Waals surface area contributed by atoms with Gasteiger partial charge in [0.25, 0.3) is 0 Å². The Morgan fingerprint density at radius 2 is 1.28 bits per heavy atom. The number of hydrogen-bond acceptors (Lipinski definition) is 6. The van der Waals surface area contributed by atoms with Gasteiger partial charge in [-0.1, -0.05) is 74.0 Å². The molecule has 6 N–H and O–H groups in total. The van der Waals surface area contributed by atoms with E-state index in [1.807, 2.05) is 47.0 Å². The molecule has 0 aliphatic carbocycles. The van der Waals surface area contributed by atoms with E-state index in [-0.39, 0.29) is 17.8 Å². The van der Waals surface area contributed by atoms with Gasteiger partial charge in [0.1, 0.15) is 18.4 Å². The number of benzene rings is 3. The van der Waals surface area contributed by atoms with Crippen LogP contribution in [0.25, 0.3) is 11.1 Å². The molecule has 0 atom stereocenters. The van der Waals surface area contributed by atoms with Crippen LogP contribution in [0.3, 0.4) is 0 Å². The number of nitrogens with two attached hydrogens (primary N) is 2. The number of hydrazine groups is 1. The zero-order valence-corrected chi connectivity index (χ0v) is 24.4. The lowest BCUT2D eigenvalue weighted by Crippen LogP contribution is -2.26. The third kappa shape index (κ3) is 30.4. The summed E-state index contributed by atoms with van der Waals surface area (Å²) in [5, 5.41) is 0. The standard InChI is InChI=1S/C13H9FO.C9H12.C4H11N.C2H8N2.C2H4O.CH3NO/c14-13-6-4-11(5-7-13)12-3-1-2-10(8-12)9-15;1-2-6-9-7-4-3-5-8-9;1-4(2,3)5;1-3-4-2;1-2-3;2-1-3/h1-9H;3-5,7-8H,2,6H2,1H3;5H2,1-3H3;3-4H,1-2H3;2H,1H3;1H,(H2,2,3). The van der Waals surface area contributed by atoms with Crippen molar-refractivity contribution in [1.29, 1.82) is 0 Å². The highest BCUT2D eigenvalue weighted by atomic mass is 19.1. The molecule has 3 aromatic rings. The summed E-state index contributed by atoms with van der Waals surface area (Å²) in [6, 6.07) is 24.0. The Morgan fingerprint density at radius 3 is 1.67 bits per heavy atom. The first kappa shape index (κ1) is 39.8. The molecule has 0 saturated carbocycles. The van der Waals surface area contributed by atoms with E-state index in [0.717, 1.165) is 23.7 Å². The van der Waals surface area contributed by atoms with Gasteiger partial charge in [-0.15, -0.1) is 0 Å². The molecule has 8 heteroatoms. The Hall–Kier alpha value is -3.72. The average Bonchev–Trinajstić information content (AvgIpc) is 2.90. The lowest BCUT2D eigenvalue weighted by Gasteiger charge is -2.06. The van der Waals surface area contributed by atoms with Crippen molar-refractivity contribution in [2.75, 3.05) is 14.1 Å². The van der Waals surface area contributed by atoms with Crippen LogP contribution < -0.4 is 22.3 Å². The summed E-state index contributed by atoms with van der Waals surface area (Å²) in [7, 11) is 3.64. The third-order valence-electron chi connectivity index (χ3n) is 3.83. The van der Waals surface area contributed by atoms with Gasteiger partial charge >= 0.3 is 0 Å². The van der Waals surface area contributed by atoms with Crippen LogP contribution in [0.15, 0.2) is 78.9 Å². The maximum Gasteiger partial charge on any atom is 0.204 e. The second-order valence-electron chi connectivity index (χ2n) is 8.72. The third-order valence-corrected chi connectivity index (χ3v) is 3.83. The number of aryl methyl sites for hydroxylation is 1. The van der Waals surface area contributed by atoms with Gasteiger partial charge in [-0.2, -0.15) is 0 Å². The van der Waals surface area contributed by atoms with Gasteiger partial charge in [0.15, 0.2) is 0 Å². The van der Waals surface area contributed by atoms with E-state index in [1.54, 1.807) is 24.3 Å². The van der Waals surface area contributed by atoms with Crippen LogP contribution in [0.4, 0.5) is 4.39 Å². The first-order chi connectivity index (χ1) is 18.5. The predicted octanol–water partition coefficient (Wildman–Crippen LogP) is 5.33. The van der Waals surface area contributed by atoms with E-state index in [4.69, 9.17) is 15.3 Å². The van der Waals surface area contributed by atoms with Crippen molar-refractivity contribution in [1.82, 2.24) is 10.9 Å². The molecule has 7 nitrogen and oxygen atoms in total. The quantitative estimate of drug-likeness (QED) is 0.255. The number of rotatable bonds is 5. The van der Waals surface area contributed by atoms with Crippen LogP contribution in [-0.4, -0.2) is 38.6 Å². The second-order valence-corrected chi connectivity index (χ2v) is 8.72. The van der Waals surface area contributed by atoms with Gasteiger partial charge < -0.3 is 16.3 Å². The molecule has 39 heavy (non-hydrogen) atoms. The maximum absolute atomic E-state index is 12.7. The van der Waals surface area contributed by atoms with E-state index < -0.39 is 0 Å². The van der Waals surface area contributed by atoms with Gasteiger partial charge in [-0.3, -0.25) is 20.4 Å². The van der Waals surface area contributed by atoms with Crippen LogP contribution in [-0.2, 0) is 16.0 Å². The van der Waals surface area contributed by atoms with Gasteiger partial charge in [0.05, 0.1) is 0 Å². The van der Waals surface area contributed by atoms with E-state index in [0.29, 0.717) is 5.56 Å². The summed E-state index contributed by atoms with van der Waals surface area (Å²) < 4.78 is 12.7. The predicted molar refractivity (Wildman–Crippen MR) is 162 cm³/mol. The first-order valence-electron chi connectivity index (χ1n) is 12.5. The van der Waals surface area contributed by atoms with Crippen molar-refractivity contribution >= 4 is 19.0 Å². The minimum absolute atomic E-state index is 0. The number of halogens is 1. The maximum atomic E-state index is 12.7. The number of amides is 1. The summed E-state index contributed by atoms with van der Waals surface area (Å²) in [6.07, 6.45) is 4.25. The molecule has 0 aliphatic rings. The number of hydrogen-bond donors (Lipinski definition) is 4. The van der Waals surface area contributed by atoms with E-state index in [1.165, 1.54) is 37.5 Å². The van der Waals surface area contributed by atoms with Crippen LogP contribution in [0.2, 0.25) is 0 Å². The molecular weight excluding hydrogens is 495 g/mol. The summed E-state index contributed by atoms with van der Waals surface area (Å²) in [5.74, 6) is -0.259. The highest BCUT2D eigenvalue weighted by Gasteiger charge is 1.99. The van der Waals surface area contributed by atoms with E-state index in [2.05, 4.69) is 53.8 Å². The molecule has 0 radical (unpaired) electrons. The van der Waals surface area contributed by atoms with Gasteiger partial charge in [-0.05, 0) is 83.1 Å². The largest absolute Gasteiger partial charge is 0.372 e. The number of primary amides is 1. The smallest absolute Gasteiger partial charge is 0.204 e. The molecule has 0 aromatic heterocycles. The molecule has 0 unspecified atom stereocenters. The Labute approximate surface area is 234 Å². The summed E-state index contributed by atoms with van der Waals surface area (Å²) in [6.45, 7) is 9.54. The molecular formula is C31H47FN4O3. The Kier molecular flexibility index (Phi) is 27.9. The van der Waals surface area contributed by atoms with Crippen molar-refractivity contribution in [3.05, 3.63) is 95.8 Å². The van der Waals surface area contributed by atoms with Crippen molar-refractivity contribution < 1.29 is 18.8 Å². The minimum atomic E-state index is -0.259. The lowest BCUT2D eigenvalue weighted by molar-refractivity contribution is -0.107. The van der Waals surface area contributed by atoms with Crippen molar-refractivity contribution in [3.8, 4) is 11.1 Å². The Balaban J connectivity index is -0.000000461. The monoisotopic (exact) mass is 542 g/mol. The van der Waals surface area contributed by atoms with Crippen molar-refractivity contribution in [2.45, 2.75) is 53.0 Å². The molecule has 3 aromatic carbocycles. The molecule has 216 valence electrons. The van der Waals surface area contributed by atoms with Crippen LogP contribution in [0.1, 0.15) is 57.0 Å². The summed E-state index contributed by atoms with van der Waals surface area (Å²) in [4.78, 5) is 28.0. The topological polar surface area (TPSA) is 127 Å². The van der Waals surface area contributed by atoms with Gasteiger partial charge in [-0.25, -0.2) is 4.39 Å². The highest BCUT2D eigenvalue weighted by Crippen LogP contribution is 2.20. The summed E-state index contributed by atoms with van der Waals surface area (Å²) in [5.41, 5.74) is 18.8. The SMILES string of the molecule is CC(C)(C)N.CC=O.CCCc1ccccc1.CNNC.NC=O.O=Cc1cccc(-c2ccc(F)cc2)c1. The van der Waals surface area contributed by atoms with E-state index in [9.17, 15) is 9.18 Å². The molecule has 0 fully saturated rings. The zero-order valence-electron chi connectivity index (χ0n) is 24.4.